The summed E-state index contributed by atoms with van der Waals surface area (Å²) in [6.07, 6.45) is 4.86. The average molecular weight is 338 g/mol. The molecule has 24 heavy (non-hydrogen) atoms. The van der Waals surface area contributed by atoms with Crippen molar-refractivity contribution in [1.29, 1.82) is 0 Å². The lowest BCUT2D eigenvalue weighted by Crippen LogP contribution is -2.22. The van der Waals surface area contributed by atoms with Gasteiger partial charge in [-0.05, 0) is 48.4 Å². The fourth-order valence-electron chi connectivity index (χ4n) is 3.23. The number of nitrogens with one attached hydrogen (secondary N) is 1. The zero-order valence-electron chi connectivity index (χ0n) is 13.2. The highest BCUT2D eigenvalue weighted by Gasteiger charge is 2.23. The number of carbonyl (C=O) groups is 1. The van der Waals surface area contributed by atoms with Gasteiger partial charge in [0.25, 0.3) is 0 Å². The number of hydrogen-bond donors (Lipinski definition) is 1. The number of rotatable bonds is 3. The van der Waals surface area contributed by atoms with Crippen molar-refractivity contribution in [3.05, 3.63) is 46.6 Å². The Balaban J connectivity index is 1.77. The number of carboxylic acid groups (broad SMARTS) is 1. The predicted octanol–water partition coefficient (Wildman–Crippen LogP) is 2.92. The van der Waals surface area contributed by atoms with Gasteiger partial charge in [-0.1, -0.05) is 19.1 Å². The fraction of sp³-hybridized carbons (Fsp3) is 0.278. The van der Waals surface area contributed by atoms with E-state index >= 15 is 0 Å². The molecule has 3 aromatic rings. The molecule has 0 bridgehead atoms. The van der Waals surface area contributed by atoms with Gasteiger partial charge >= 0.3 is 0 Å². The number of thiophene rings is 1. The summed E-state index contributed by atoms with van der Waals surface area (Å²) in [6, 6.07) is 6.59. The van der Waals surface area contributed by atoms with Crippen LogP contribution in [0, 0.1) is 5.92 Å². The lowest BCUT2D eigenvalue weighted by Gasteiger charge is -2.18. The molecule has 0 fully saturated rings. The van der Waals surface area contributed by atoms with E-state index in [1.165, 1.54) is 22.9 Å². The minimum atomic E-state index is -1.19. The normalized spacial score (nSPS) is 16.8. The first-order chi connectivity index (χ1) is 11.6. The predicted molar refractivity (Wildman–Crippen MR) is 92.7 cm³/mol. The van der Waals surface area contributed by atoms with E-state index < -0.39 is 5.97 Å². The van der Waals surface area contributed by atoms with E-state index in [0.29, 0.717) is 11.6 Å². The second kappa shape index (κ2) is 5.87. The number of carbonyl (C=O) groups excluding carboxylic acids is 1. The SMILES string of the molecule is C[C@@H]1CCc2c(sc3ncnc(Nc4cccc(C(=O)[O-])c4)c23)C1. The lowest BCUT2D eigenvalue weighted by atomic mass is 9.89. The Morgan fingerprint density at radius 1 is 1.38 bits per heavy atom. The van der Waals surface area contributed by atoms with E-state index in [1.807, 2.05) is 6.07 Å². The highest BCUT2D eigenvalue weighted by Crippen LogP contribution is 2.40. The molecule has 2 heterocycles. The van der Waals surface area contributed by atoms with E-state index in [2.05, 4.69) is 22.2 Å². The zero-order chi connectivity index (χ0) is 16.7. The molecule has 0 aliphatic heterocycles. The number of nitrogens with zero attached hydrogens (tertiary/aromatic N) is 2. The monoisotopic (exact) mass is 338 g/mol. The standard InChI is InChI=1S/C18H17N3O2S/c1-10-5-6-13-14(7-10)24-17-15(13)16(19-9-20-17)21-12-4-2-3-11(8-12)18(22)23/h2-4,8-10H,5-7H2,1H3,(H,22,23)(H,19,20,21)/p-1/t10-/m1/s1. The molecular formula is C18H16N3O2S-. The quantitative estimate of drug-likeness (QED) is 0.794. The zero-order valence-corrected chi connectivity index (χ0v) is 14.0. The fourth-order valence-corrected chi connectivity index (χ4v) is 4.58. The summed E-state index contributed by atoms with van der Waals surface area (Å²) in [5.41, 5.74) is 2.17. The summed E-state index contributed by atoms with van der Waals surface area (Å²) in [5.74, 6) is 0.255. The number of aromatic carboxylic acids is 1. The van der Waals surface area contributed by atoms with Crippen molar-refractivity contribution in [3.63, 3.8) is 0 Å². The molecule has 4 rings (SSSR count). The van der Waals surface area contributed by atoms with Gasteiger partial charge in [-0.25, -0.2) is 9.97 Å². The topological polar surface area (TPSA) is 77.9 Å². The molecule has 1 aromatic carbocycles. The average Bonchev–Trinajstić information content (AvgIpc) is 2.93. The van der Waals surface area contributed by atoms with Crippen LogP contribution in [-0.4, -0.2) is 15.9 Å². The van der Waals surface area contributed by atoms with Gasteiger partial charge in [0.05, 0.1) is 11.4 Å². The van der Waals surface area contributed by atoms with Crippen LogP contribution in [0.15, 0.2) is 30.6 Å². The van der Waals surface area contributed by atoms with Crippen LogP contribution in [0.5, 0.6) is 0 Å². The molecule has 0 spiro atoms. The van der Waals surface area contributed by atoms with Crippen molar-refractivity contribution < 1.29 is 9.90 Å². The van der Waals surface area contributed by atoms with Crippen LogP contribution in [0.4, 0.5) is 11.5 Å². The molecule has 0 saturated heterocycles. The highest BCUT2D eigenvalue weighted by atomic mass is 32.1. The van der Waals surface area contributed by atoms with Crippen molar-refractivity contribution in [1.82, 2.24) is 9.97 Å². The molecule has 0 radical (unpaired) electrons. The summed E-state index contributed by atoms with van der Waals surface area (Å²) < 4.78 is 0. The van der Waals surface area contributed by atoms with E-state index in [4.69, 9.17) is 0 Å². The second-order valence-electron chi connectivity index (χ2n) is 6.25. The Labute approximate surface area is 143 Å². The van der Waals surface area contributed by atoms with Crippen LogP contribution < -0.4 is 10.4 Å². The number of carboxylic acids is 1. The number of benzene rings is 1. The minimum absolute atomic E-state index is 0.145. The molecule has 1 aliphatic carbocycles. The number of aromatic nitrogens is 2. The molecule has 1 N–H and O–H groups in total. The number of fused-ring (bicyclic) bond motifs is 3. The van der Waals surface area contributed by atoms with Crippen molar-refractivity contribution in [2.24, 2.45) is 5.92 Å². The van der Waals surface area contributed by atoms with Crippen molar-refractivity contribution in [3.8, 4) is 0 Å². The van der Waals surface area contributed by atoms with Crippen LogP contribution in [0.3, 0.4) is 0 Å². The van der Waals surface area contributed by atoms with Gasteiger partial charge in [-0.3, -0.25) is 0 Å². The van der Waals surface area contributed by atoms with Gasteiger partial charge in [0.2, 0.25) is 0 Å². The third-order valence-electron chi connectivity index (χ3n) is 4.45. The summed E-state index contributed by atoms with van der Waals surface area (Å²) in [5, 5.41) is 15.4. The molecule has 6 heteroatoms. The first kappa shape index (κ1) is 15.1. The van der Waals surface area contributed by atoms with Crippen molar-refractivity contribution >= 4 is 39.0 Å². The Morgan fingerprint density at radius 2 is 2.25 bits per heavy atom. The molecule has 1 aliphatic rings. The van der Waals surface area contributed by atoms with E-state index in [1.54, 1.807) is 29.8 Å². The Kier molecular flexibility index (Phi) is 3.69. The molecule has 0 unspecified atom stereocenters. The lowest BCUT2D eigenvalue weighted by molar-refractivity contribution is -0.255. The summed E-state index contributed by atoms with van der Waals surface area (Å²) in [4.78, 5) is 22.2. The smallest absolute Gasteiger partial charge is 0.142 e. The van der Waals surface area contributed by atoms with Crippen LogP contribution in [0.2, 0.25) is 0 Å². The summed E-state index contributed by atoms with van der Waals surface area (Å²) >= 11 is 1.74. The summed E-state index contributed by atoms with van der Waals surface area (Å²) in [6.45, 7) is 2.28. The molecule has 0 saturated carbocycles. The van der Waals surface area contributed by atoms with Crippen LogP contribution in [-0.2, 0) is 12.8 Å². The van der Waals surface area contributed by atoms with Crippen LogP contribution in [0.25, 0.3) is 10.2 Å². The minimum Gasteiger partial charge on any atom is -0.545 e. The Bertz CT molecular complexity index is 935. The van der Waals surface area contributed by atoms with Crippen LogP contribution >= 0.6 is 11.3 Å². The first-order valence-electron chi connectivity index (χ1n) is 7.95. The molecule has 122 valence electrons. The van der Waals surface area contributed by atoms with Crippen molar-refractivity contribution in [2.45, 2.75) is 26.2 Å². The van der Waals surface area contributed by atoms with Gasteiger partial charge in [-0.15, -0.1) is 11.3 Å². The van der Waals surface area contributed by atoms with Crippen molar-refractivity contribution in [2.75, 3.05) is 5.32 Å². The third-order valence-corrected chi connectivity index (χ3v) is 5.62. The maximum absolute atomic E-state index is 11.0. The van der Waals surface area contributed by atoms with E-state index in [9.17, 15) is 9.90 Å². The number of hydrogen-bond acceptors (Lipinski definition) is 6. The maximum atomic E-state index is 11.0. The summed E-state index contributed by atoms with van der Waals surface area (Å²) in [7, 11) is 0. The van der Waals surface area contributed by atoms with E-state index in [0.717, 1.165) is 28.9 Å². The van der Waals surface area contributed by atoms with Gasteiger partial charge in [0, 0.05) is 10.6 Å². The molecule has 5 nitrogen and oxygen atoms in total. The van der Waals surface area contributed by atoms with Gasteiger partial charge in [0.1, 0.15) is 17.0 Å². The van der Waals surface area contributed by atoms with Gasteiger partial charge < -0.3 is 15.2 Å². The third kappa shape index (κ3) is 2.63. The molecule has 2 aromatic heterocycles. The van der Waals surface area contributed by atoms with Crippen LogP contribution in [0.1, 0.15) is 34.1 Å². The largest absolute Gasteiger partial charge is 0.545 e. The molecule has 1 atom stereocenters. The number of aryl methyl sites for hydroxylation is 1. The van der Waals surface area contributed by atoms with E-state index in [-0.39, 0.29) is 5.56 Å². The first-order valence-corrected chi connectivity index (χ1v) is 8.77. The highest BCUT2D eigenvalue weighted by molar-refractivity contribution is 7.19. The van der Waals surface area contributed by atoms with Gasteiger partial charge in [0.15, 0.2) is 0 Å². The maximum Gasteiger partial charge on any atom is 0.142 e. The second-order valence-corrected chi connectivity index (χ2v) is 7.33. The van der Waals surface area contributed by atoms with Gasteiger partial charge in [-0.2, -0.15) is 0 Å². The Morgan fingerprint density at radius 3 is 3.08 bits per heavy atom. The molecular weight excluding hydrogens is 322 g/mol. The number of anilines is 2. The molecule has 0 amide bonds. The Hall–Kier alpha value is -2.47.